The molecule has 0 saturated heterocycles. The maximum atomic E-state index is 5.79. The van der Waals surface area contributed by atoms with E-state index in [1.54, 1.807) is 6.20 Å². The minimum Gasteiger partial charge on any atom is -0.487 e. The molecule has 1 aromatic carbocycles. The maximum absolute atomic E-state index is 5.79. The van der Waals surface area contributed by atoms with Crippen LogP contribution in [0.5, 0.6) is 5.75 Å². The molecule has 0 bridgehead atoms. The highest BCUT2D eigenvalue weighted by Crippen LogP contribution is 2.17. The third kappa shape index (κ3) is 2.74. The monoisotopic (exact) mass is 233 g/mol. The predicted molar refractivity (Wildman–Crippen MR) is 64.8 cm³/mol. The van der Waals surface area contributed by atoms with Crippen LogP contribution >= 0.6 is 11.6 Å². The normalized spacial score (nSPS) is 10.1. The van der Waals surface area contributed by atoms with Gasteiger partial charge >= 0.3 is 0 Å². The molecule has 2 nitrogen and oxygen atoms in total. The summed E-state index contributed by atoms with van der Waals surface area (Å²) in [4.78, 5) is 4.26. The van der Waals surface area contributed by atoms with Crippen molar-refractivity contribution in [2.75, 3.05) is 0 Å². The van der Waals surface area contributed by atoms with Crippen molar-refractivity contribution in [1.82, 2.24) is 4.98 Å². The molecule has 2 rings (SSSR count). The number of aryl methyl sites for hydroxylation is 1. The van der Waals surface area contributed by atoms with Crippen LogP contribution < -0.4 is 4.74 Å². The minimum absolute atomic E-state index is 0.480. The topological polar surface area (TPSA) is 22.1 Å². The SMILES string of the molecule is Cc1cccnc1COc1ccc(Cl)cc1. The van der Waals surface area contributed by atoms with Gasteiger partial charge in [0.2, 0.25) is 0 Å². The summed E-state index contributed by atoms with van der Waals surface area (Å²) >= 11 is 5.79. The Morgan fingerprint density at radius 3 is 2.62 bits per heavy atom. The van der Waals surface area contributed by atoms with Gasteiger partial charge in [-0.2, -0.15) is 0 Å². The van der Waals surface area contributed by atoms with Gasteiger partial charge in [0.05, 0.1) is 5.69 Å². The van der Waals surface area contributed by atoms with Crippen LogP contribution in [0.2, 0.25) is 5.02 Å². The Balaban J connectivity index is 2.02. The molecule has 0 N–H and O–H groups in total. The molecule has 0 aliphatic rings. The highest BCUT2D eigenvalue weighted by Gasteiger charge is 2.00. The molecule has 0 amide bonds. The first-order valence-electron chi connectivity index (χ1n) is 5.04. The number of halogens is 1. The van der Waals surface area contributed by atoms with E-state index in [0.717, 1.165) is 17.0 Å². The molecule has 0 fully saturated rings. The Kier molecular flexibility index (Phi) is 3.42. The smallest absolute Gasteiger partial charge is 0.130 e. The molecule has 0 radical (unpaired) electrons. The number of hydrogen-bond acceptors (Lipinski definition) is 2. The summed E-state index contributed by atoms with van der Waals surface area (Å²) in [6, 6.07) is 11.3. The third-order valence-electron chi connectivity index (χ3n) is 2.31. The highest BCUT2D eigenvalue weighted by atomic mass is 35.5. The zero-order valence-electron chi connectivity index (χ0n) is 8.98. The Morgan fingerprint density at radius 2 is 1.94 bits per heavy atom. The first-order valence-corrected chi connectivity index (χ1v) is 5.42. The second-order valence-electron chi connectivity index (χ2n) is 3.51. The van der Waals surface area contributed by atoms with Gasteiger partial charge in [-0.05, 0) is 42.8 Å². The molecule has 0 aliphatic heterocycles. The lowest BCUT2D eigenvalue weighted by molar-refractivity contribution is 0.300. The number of rotatable bonds is 3. The Morgan fingerprint density at radius 1 is 1.19 bits per heavy atom. The Labute approximate surface area is 99.9 Å². The molecule has 0 spiro atoms. The van der Waals surface area contributed by atoms with Crippen LogP contribution in [0.15, 0.2) is 42.6 Å². The summed E-state index contributed by atoms with van der Waals surface area (Å²) in [6.45, 7) is 2.50. The molecule has 82 valence electrons. The first kappa shape index (κ1) is 11.0. The van der Waals surface area contributed by atoms with E-state index < -0.39 is 0 Å². The number of aromatic nitrogens is 1. The van der Waals surface area contributed by atoms with Crippen LogP contribution in [0.4, 0.5) is 0 Å². The van der Waals surface area contributed by atoms with Crippen molar-refractivity contribution < 1.29 is 4.74 Å². The van der Waals surface area contributed by atoms with Crippen LogP contribution in [0.3, 0.4) is 0 Å². The van der Waals surface area contributed by atoms with Gasteiger partial charge in [-0.1, -0.05) is 17.7 Å². The molecule has 1 aromatic heterocycles. The summed E-state index contributed by atoms with van der Waals surface area (Å²) in [5.41, 5.74) is 2.09. The van der Waals surface area contributed by atoms with Crippen molar-refractivity contribution in [3.63, 3.8) is 0 Å². The van der Waals surface area contributed by atoms with Gasteiger partial charge in [0, 0.05) is 11.2 Å². The molecule has 16 heavy (non-hydrogen) atoms. The van der Waals surface area contributed by atoms with Gasteiger partial charge in [-0.15, -0.1) is 0 Å². The molecule has 0 saturated carbocycles. The fourth-order valence-corrected chi connectivity index (χ4v) is 1.48. The molecule has 2 aromatic rings. The van der Waals surface area contributed by atoms with Crippen LogP contribution in [0.25, 0.3) is 0 Å². The summed E-state index contributed by atoms with van der Waals surface area (Å²) in [7, 11) is 0. The summed E-state index contributed by atoms with van der Waals surface area (Å²) in [5.74, 6) is 0.800. The van der Waals surface area contributed by atoms with E-state index in [4.69, 9.17) is 16.3 Å². The van der Waals surface area contributed by atoms with Gasteiger partial charge in [0.15, 0.2) is 0 Å². The van der Waals surface area contributed by atoms with Crippen LogP contribution in [-0.4, -0.2) is 4.98 Å². The Hall–Kier alpha value is -1.54. The number of benzene rings is 1. The van der Waals surface area contributed by atoms with Gasteiger partial charge in [0.25, 0.3) is 0 Å². The van der Waals surface area contributed by atoms with E-state index in [1.165, 1.54) is 0 Å². The number of nitrogens with zero attached hydrogens (tertiary/aromatic N) is 1. The quantitative estimate of drug-likeness (QED) is 0.808. The largest absolute Gasteiger partial charge is 0.487 e. The van der Waals surface area contributed by atoms with Gasteiger partial charge in [-0.3, -0.25) is 4.98 Å². The molecule has 0 aliphatic carbocycles. The van der Waals surface area contributed by atoms with Crippen molar-refractivity contribution >= 4 is 11.6 Å². The van der Waals surface area contributed by atoms with Gasteiger partial charge in [0.1, 0.15) is 12.4 Å². The van der Waals surface area contributed by atoms with E-state index in [1.807, 2.05) is 43.3 Å². The van der Waals surface area contributed by atoms with E-state index >= 15 is 0 Å². The van der Waals surface area contributed by atoms with E-state index in [2.05, 4.69) is 4.98 Å². The maximum Gasteiger partial charge on any atom is 0.130 e. The van der Waals surface area contributed by atoms with Crippen molar-refractivity contribution in [1.29, 1.82) is 0 Å². The van der Waals surface area contributed by atoms with Crippen molar-refractivity contribution in [3.05, 3.63) is 58.9 Å². The van der Waals surface area contributed by atoms with E-state index in [-0.39, 0.29) is 0 Å². The average molecular weight is 234 g/mol. The lowest BCUT2D eigenvalue weighted by Gasteiger charge is -2.07. The third-order valence-corrected chi connectivity index (χ3v) is 2.56. The fraction of sp³-hybridized carbons (Fsp3) is 0.154. The molecule has 0 unspecified atom stereocenters. The molecular weight excluding hydrogens is 222 g/mol. The van der Waals surface area contributed by atoms with Gasteiger partial charge in [-0.25, -0.2) is 0 Å². The lowest BCUT2D eigenvalue weighted by Crippen LogP contribution is -2.00. The number of ether oxygens (including phenoxy) is 1. The van der Waals surface area contributed by atoms with Gasteiger partial charge < -0.3 is 4.74 Å². The second-order valence-corrected chi connectivity index (χ2v) is 3.95. The average Bonchev–Trinajstić information content (AvgIpc) is 2.30. The number of pyridine rings is 1. The van der Waals surface area contributed by atoms with Crippen molar-refractivity contribution in [3.8, 4) is 5.75 Å². The highest BCUT2D eigenvalue weighted by molar-refractivity contribution is 6.30. The Bertz CT molecular complexity index is 468. The van der Waals surface area contributed by atoms with Crippen LogP contribution in [0.1, 0.15) is 11.3 Å². The zero-order chi connectivity index (χ0) is 11.4. The molecular formula is C13H12ClNO. The summed E-state index contributed by atoms with van der Waals surface area (Å²) in [6.07, 6.45) is 1.77. The fourth-order valence-electron chi connectivity index (χ4n) is 1.35. The standard InChI is InChI=1S/C13H12ClNO/c1-10-3-2-8-15-13(10)9-16-12-6-4-11(14)5-7-12/h2-8H,9H2,1H3. The molecule has 0 atom stereocenters. The first-order chi connectivity index (χ1) is 7.75. The van der Waals surface area contributed by atoms with Crippen LogP contribution in [0, 0.1) is 6.92 Å². The predicted octanol–water partition coefficient (Wildman–Crippen LogP) is 3.62. The lowest BCUT2D eigenvalue weighted by atomic mass is 10.2. The molecule has 1 heterocycles. The van der Waals surface area contributed by atoms with E-state index in [0.29, 0.717) is 11.6 Å². The summed E-state index contributed by atoms with van der Waals surface area (Å²) < 4.78 is 5.61. The minimum atomic E-state index is 0.480. The summed E-state index contributed by atoms with van der Waals surface area (Å²) in [5, 5.41) is 0.710. The van der Waals surface area contributed by atoms with Crippen molar-refractivity contribution in [2.45, 2.75) is 13.5 Å². The van der Waals surface area contributed by atoms with E-state index in [9.17, 15) is 0 Å². The zero-order valence-corrected chi connectivity index (χ0v) is 9.74. The second kappa shape index (κ2) is 4.99. The van der Waals surface area contributed by atoms with Crippen LogP contribution in [-0.2, 0) is 6.61 Å². The number of hydrogen-bond donors (Lipinski definition) is 0. The van der Waals surface area contributed by atoms with Crippen molar-refractivity contribution in [2.24, 2.45) is 0 Å². The molecule has 3 heteroatoms.